The van der Waals surface area contributed by atoms with Crippen molar-refractivity contribution in [1.82, 2.24) is 10.2 Å². The summed E-state index contributed by atoms with van der Waals surface area (Å²) >= 11 is 5.82. The number of nitriles is 1. The third-order valence-electron chi connectivity index (χ3n) is 4.26. The lowest BCUT2D eigenvalue weighted by Gasteiger charge is -2.22. The van der Waals surface area contributed by atoms with E-state index in [4.69, 9.17) is 21.6 Å². The molecular formula is C19H16ClN3O3. The minimum atomic E-state index is -1.16. The van der Waals surface area contributed by atoms with Crippen molar-refractivity contribution in [3.05, 3.63) is 64.7 Å². The molecule has 0 radical (unpaired) electrons. The van der Waals surface area contributed by atoms with Crippen LogP contribution in [0.1, 0.15) is 18.1 Å². The first-order valence-electron chi connectivity index (χ1n) is 7.97. The van der Waals surface area contributed by atoms with Crippen molar-refractivity contribution in [2.24, 2.45) is 0 Å². The maximum Gasteiger partial charge on any atom is 0.325 e. The summed E-state index contributed by atoms with van der Waals surface area (Å²) < 4.78 is 5.56. The highest BCUT2D eigenvalue weighted by Crippen LogP contribution is 2.29. The molecule has 1 heterocycles. The van der Waals surface area contributed by atoms with E-state index in [2.05, 4.69) is 5.32 Å². The first-order chi connectivity index (χ1) is 12.4. The van der Waals surface area contributed by atoms with E-state index in [1.165, 1.54) is 0 Å². The molecule has 132 valence electrons. The Morgan fingerprint density at radius 1 is 1.15 bits per heavy atom. The number of halogens is 1. The Bertz CT molecular complexity index is 874. The average molecular weight is 370 g/mol. The van der Waals surface area contributed by atoms with Crippen LogP contribution in [0.3, 0.4) is 0 Å². The Morgan fingerprint density at radius 3 is 2.42 bits per heavy atom. The molecule has 3 amide bonds. The molecule has 1 N–H and O–H groups in total. The number of nitrogens with one attached hydrogen (secondary N) is 1. The van der Waals surface area contributed by atoms with E-state index in [1.807, 2.05) is 6.07 Å². The third kappa shape index (κ3) is 3.35. The molecule has 2 aromatic rings. The van der Waals surface area contributed by atoms with Gasteiger partial charge in [-0.25, -0.2) is 4.79 Å². The van der Waals surface area contributed by atoms with Crippen LogP contribution in [0.4, 0.5) is 4.79 Å². The predicted molar refractivity (Wildman–Crippen MR) is 95.7 cm³/mol. The van der Waals surface area contributed by atoms with Crippen molar-refractivity contribution in [1.29, 1.82) is 5.26 Å². The summed E-state index contributed by atoms with van der Waals surface area (Å²) in [4.78, 5) is 26.2. The van der Waals surface area contributed by atoms with E-state index >= 15 is 0 Å². The molecule has 26 heavy (non-hydrogen) atoms. The number of amides is 3. The van der Waals surface area contributed by atoms with E-state index in [-0.39, 0.29) is 19.1 Å². The molecule has 1 atom stereocenters. The van der Waals surface area contributed by atoms with Gasteiger partial charge in [0.2, 0.25) is 0 Å². The van der Waals surface area contributed by atoms with Gasteiger partial charge in [0.25, 0.3) is 5.91 Å². The lowest BCUT2D eigenvalue weighted by molar-refractivity contribution is -0.131. The van der Waals surface area contributed by atoms with E-state index in [9.17, 15) is 9.59 Å². The summed E-state index contributed by atoms with van der Waals surface area (Å²) in [5.74, 6) is 0.253. The maximum atomic E-state index is 12.8. The zero-order chi connectivity index (χ0) is 18.7. The smallest absolute Gasteiger partial charge is 0.325 e. The van der Waals surface area contributed by atoms with Crippen molar-refractivity contribution in [2.75, 3.05) is 13.2 Å². The summed E-state index contributed by atoms with van der Waals surface area (Å²) in [6.07, 6.45) is 0. The van der Waals surface area contributed by atoms with Crippen LogP contribution >= 0.6 is 11.6 Å². The first kappa shape index (κ1) is 17.8. The van der Waals surface area contributed by atoms with Crippen LogP contribution in [0.2, 0.25) is 5.02 Å². The largest absolute Gasteiger partial charge is 0.492 e. The molecule has 7 heteroatoms. The number of benzene rings is 2. The second-order valence-corrected chi connectivity index (χ2v) is 6.44. The molecule has 0 aliphatic carbocycles. The Kier molecular flexibility index (Phi) is 4.83. The molecule has 6 nitrogen and oxygen atoms in total. The number of ether oxygens (including phenoxy) is 1. The highest BCUT2D eigenvalue weighted by molar-refractivity contribution is 6.30. The number of carbonyl (C=O) groups is 2. The summed E-state index contributed by atoms with van der Waals surface area (Å²) in [6.45, 7) is 1.94. The van der Waals surface area contributed by atoms with Crippen LogP contribution in [0, 0.1) is 11.3 Å². The number of hydrogen-bond donors (Lipinski definition) is 1. The molecule has 0 bridgehead atoms. The van der Waals surface area contributed by atoms with Gasteiger partial charge < -0.3 is 10.1 Å². The first-order valence-corrected chi connectivity index (χ1v) is 8.35. The average Bonchev–Trinajstić information content (AvgIpc) is 2.87. The number of hydrogen-bond acceptors (Lipinski definition) is 4. The van der Waals surface area contributed by atoms with Crippen LogP contribution < -0.4 is 10.1 Å². The van der Waals surface area contributed by atoms with Crippen molar-refractivity contribution in [3.8, 4) is 11.8 Å². The predicted octanol–water partition coefficient (Wildman–Crippen LogP) is 3.06. The summed E-state index contributed by atoms with van der Waals surface area (Å²) in [5.41, 5.74) is -0.0518. The zero-order valence-electron chi connectivity index (χ0n) is 14.0. The van der Waals surface area contributed by atoms with Gasteiger partial charge in [-0.1, -0.05) is 23.7 Å². The second-order valence-electron chi connectivity index (χ2n) is 6.00. The van der Waals surface area contributed by atoms with Crippen molar-refractivity contribution in [3.63, 3.8) is 0 Å². The highest BCUT2D eigenvalue weighted by atomic mass is 35.5. The molecule has 1 saturated heterocycles. The van der Waals surface area contributed by atoms with Gasteiger partial charge in [0, 0.05) is 5.02 Å². The van der Waals surface area contributed by atoms with Gasteiger partial charge in [-0.15, -0.1) is 0 Å². The van der Waals surface area contributed by atoms with E-state index in [0.717, 1.165) is 4.90 Å². The molecule has 0 saturated carbocycles. The molecule has 1 aliphatic rings. The third-order valence-corrected chi connectivity index (χ3v) is 4.52. The quantitative estimate of drug-likeness (QED) is 0.821. The Balaban J connectivity index is 1.67. The number of carbonyl (C=O) groups excluding carboxylic acids is 2. The van der Waals surface area contributed by atoms with Gasteiger partial charge in [0.1, 0.15) is 17.9 Å². The standard InChI is InChI=1S/C19H16ClN3O3/c1-19(14-4-2-13(12-21)3-5-14)17(24)23(18(25)22-19)10-11-26-16-8-6-15(20)7-9-16/h2-9H,10-11H2,1H3,(H,22,25). The summed E-state index contributed by atoms with van der Waals surface area (Å²) in [7, 11) is 0. The Labute approximate surface area is 155 Å². The lowest BCUT2D eigenvalue weighted by atomic mass is 9.91. The molecule has 1 fully saturated rings. The fourth-order valence-corrected chi connectivity index (χ4v) is 2.89. The normalized spacial score (nSPS) is 19.2. The van der Waals surface area contributed by atoms with Crippen LogP contribution in [0.15, 0.2) is 48.5 Å². The van der Waals surface area contributed by atoms with Crippen LogP contribution in [-0.2, 0) is 10.3 Å². The molecule has 0 aromatic heterocycles. The van der Waals surface area contributed by atoms with Crippen molar-refractivity contribution in [2.45, 2.75) is 12.5 Å². The van der Waals surface area contributed by atoms with Crippen LogP contribution in [0.5, 0.6) is 5.75 Å². The molecule has 1 unspecified atom stereocenters. The van der Waals surface area contributed by atoms with Crippen LogP contribution in [-0.4, -0.2) is 30.0 Å². The second kappa shape index (κ2) is 7.06. The Morgan fingerprint density at radius 2 is 1.81 bits per heavy atom. The number of urea groups is 1. The zero-order valence-corrected chi connectivity index (χ0v) is 14.8. The highest BCUT2D eigenvalue weighted by Gasteiger charge is 2.48. The topological polar surface area (TPSA) is 82.4 Å². The minimum Gasteiger partial charge on any atom is -0.492 e. The maximum absolute atomic E-state index is 12.8. The molecule has 1 aliphatic heterocycles. The fraction of sp³-hybridized carbons (Fsp3) is 0.211. The van der Waals surface area contributed by atoms with Gasteiger partial charge in [0.05, 0.1) is 18.2 Å². The number of rotatable bonds is 5. The van der Waals surface area contributed by atoms with Gasteiger partial charge in [-0.05, 0) is 48.9 Å². The van der Waals surface area contributed by atoms with E-state index in [1.54, 1.807) is 55.5 Å². The van der Waals surface area contributed by atoms with E-state index < -0.39 is 11.6 Å². The van der Waals surface area contributed by atoms with Gasteiger partial charge >= 0.3 is 6.03 Å². The molecular weight excluding hydrogens is 354 g/mol. The lowest BCUT2D eigenvalue weighted by Crippen LogP contribution is -2.41. The minimum absolute atomic E-state index is 0.124. The van der Waals surface area contributed by atoms with Gasteiger partial charge in [0.15, 0.2) is 0 Å². The number of nitrogens with zero attached hydrogens (tertiary/aromatic N) is 2. The van der Waals surface area contributed by atoms with Gasteiger partial charge in [-0.3, -0.25) is 9.69 Å². The molecule has 0 spiro atoms. The van der Waals surface area contributed by atoms with Gasteiger partial charge in [-0.2, -0.15) is 5.26 Å². The molecule has 2 aromatic carbocycles. The van der Waals surface area contributed by atoms with Crippen molar-refractivity contribution < 1.29 is 14.3 Å². The number of imide groups is 1. The van der Waals surface area contributed by atoms with Crippen LogP contribution in [0.25, 0.3) is 0 Å². The SMILES string of the molecule is CC1(c2ccc(C#N)cc2)NC(=O)N(CCOc2ccc(Cl)cc2)C1=O. The monoisotopic (exact) mass is 369 g/mol. The summed E-state index contributed by atoms with van der Waals surface area (Å²) in [5, 5.41) is 12.2. The molecule has 3 rings (SSSR count). The van der Waals surface area contributed by atoms with Crippen molar-refractivity contribution >= 4 is 23.5 Å². The Hall–Kier alpha value is -3.04. The van der Waals surface area contributed by atoms with E-state index in [0.29, 0.717) is 21.9 Å². The summed E-state index contributed by atoms with van der Waals surface area (Å²) in [6, 6.07) is 15.0. The fourth-order valence-electron chi connectivity index (χ4n) is 2.76.